The summed E-state index contributed by atoms with van der Waals surface area (Å²) in [5.74, 6) is 0.501. The Morgan fingerprint density at radius 1 is 1.06 bits per heavy atom. The van der Waals surface area contributed by atoms with Crippen LogP contribution in [-0.4, -0.2) is 53.6 Å². The van der Waals surface area contributed by atoms with E-state index in [1.807, 2.05) is 75.4 Å². The lowest BCUT2D eigenvalue weighted by atomic mass is 10.00. The van der Waals surface area contributed by atoms with Gasteiger partial charge in [0, 0.05) is 42.2 Å². The Morgan fingerprint density at radius 2 is 1.74 bits per heavy atom. The zero-order valence-corrected chi connectivity index (χ0v) is 23.2. The monoisotopic (exact) mass is 523 g/mol. The Bertz CT molecular complexity index is 791. The SMILES string of the molecule is CC.CC1CN(C)N=C1c1ccc(Cl)cc1.CNCNSC1C=CC(Cl)CC1.c1ccncc1. The fourth-order valence-corrected chi connectivity index (χ4v) is 4.36. The molecule has 1 aliphatic heterocycles. The third kappa shape index (κ3) is 12.8. The number of rotatable bonds is 5. The van der Waals surface area contributed by atoms with E-state index >= 15 is 0 Å². The van der Waals surface area contributed by atoms with Gasteiger partial charge in [0.1, 0.15) is 0 Å². The van der Waals surface area contributed by atoms with Crippen molar-refractivity contribution in [1.82, 2.24) is 20.0 Å². The molecule has 5 nitrogen and oxygen atoms in total. The summed E-state index contributed by atoms with van der Waals surface area (Å²) in [5.41, 5.74) is 2.33. The molecule has 0 fully saturated rings. The summed E-state index contributed by atoms with van der Waals surface area (Å²) in [6, 6.07) is 13.6. The maximum Gasteiger partial charge on any atom is 0.0723 e. The van der Waals surface area contributed by atoms with E-state index in [2.05, 4.69) is 39.2 Å². The molecule has 0 saturated heterocycles. The van der Waals surface area contributed by atoms with Crippen molar-refractivity contribution >= 4 is 40.9 Å². The van der Waals surface area contributed by atoms with Crippen molar-refractivity contribution < 1.29 is 0 Å². The van der Waals surface area contributed by atoms with Crippen LogP contribution in [0.15, 0.2) is 72.1 Å². The predicted molar refractivity (Wildman–Crippen MR) is 152 cm³/mol. The number of hydrogen-bond donors (Lipinski definition) is 2. The van der Waals surface area contributed by atoms with Crippen LogP contribution in [0, 0.1) is 5.92 Å². The molecule has 0 bridgehead atoms. The summed E-state index contributed by atoms with van der Waals surface area (Å²) in [7, 11) is 3.93. The molecule has 3 unspecified atom stereocenters. The number of hydrazone groups is 1. The first kappa shape index (κ1) is 30.5. The lowest BCUT2D eigenvalue weighted by Crippen LogP contribution is -2.23. The van der Waals surface area contributed by atoms with Gasteiger partial charge in [-0.1, -0.05) is 74.7 Å². The molecule has 188 valence electrons. The summed E-state index contributed by atoms with van der Waals surface area (Å²) in [6.45, 7) is 8.04. The third-order valence-electron chi connectivity index (χ3n) is 4.73. The molecule has 34 heavy (non-hydrogen) atoms. The molecule has 0 saturated carbocycles. The number of alkyl halides is 1. The highest BCUT2D eigenvalue weighted by Crippen LogP contribution is 2.23. The molecule has 0 amide bonds. The highest BCUT2D eigenvalue weighted by Gasteiger charge is 2.21. The van der Waals surface area contributed by atoms with Crippen molar-refractivity contribution in [3.05, 3.63) is 77.6 Å². The first-order chi connectivity index (χ1) is 16.5. The number of nitrogens with one attached hydrogen (secondary N) is 2. The molecular weight excluding hydrogens is 485 g/mol. The van der Waals surface area contributed by atoms with Gasteiger partial charge in [0.15, 0.2) is 0 Å². The maximum atomic E-state index is 5.91. The van der Waals surface area contributed by atoms with Gasteiger partial charge in [-0.15, -0.1) is 11.6 Å². The second-order valence-corrected chi connectivity index (χ2v) is 9.69. The van der Waals surface area contributed by atoms with Crippen LogP contribution in [0.3, 0.4) is 0 Å². The number of nitrogens with zero attached hydrogens (tertiary/aromatic N) is 3. The molecule has 2 aromatic rings. The number of hydrogen-bond acceptors (Lipinski definition) is 6. The molecule has 1 aromatic heterocycles. The van der Waals surface area contributed by atoms with E-state index < -0.39 is 0 Å². The number of allylic oxidation sites excluding steroid dienone is 1. The van der Waals surface area contributed by atoms with Crippen LogP contribution in [-0.2, 0) is 0 Å². The first-order valence-electron chi connectivity index (χ1n) is 11.8. The van der Waals surface area contributed by atoms with Crippen LogP contribution in [0.5, 0.6) is 0 Å². The zero-order chi connectivity index (χ0) is 25.2. The Balaban J connectivity index is 0.000000262. The third-order valence-corrected chi connectivity index (χ3v) is 6.36. The summed E-state index contributed by atoms with van der Waals surface area (Å²) in [6.07, 6.45) is 10.0. The van der Waals surface area contributed by atoms with Gasteiger partial charge in [0.05, 0.1) is 17.8 Å². The van der Waals surface area contributed by atoms with Crippen LogP contribution in [0.1, 0.15) is 39.2 Å². The van der Waals surface area contributed by atoms with Crippen LogP contribution >= 0.6 is 35.1 Å². The Kier molecular flexibility index (Phi) is 16.8. The second kappa shape index (κ2) is 18.7. The maximum absolute atomic E-state index is 5.91. The number of pyridine rings is 1. The normalized spacial score (nSPS) is 20.6. The van der Waals surface area contributed by atoms with Gasteiger partial charge in [-0.2, -0.15) is 5.10 Å². The highest BCUT2D eigenvalue weighted by atomic mass is 35.5. The van der Waals surface area contributed by atoms with E-state index in [9.17, 15) is 0 Å². The molecule has 2 N–H and O–H groups in total. The van der Waals surface area contributed by atoms with Crippen LogP contribution in [0.25, 0.3) is 0 Å². The average molecular weight is 525 g/mol. The molecule has 8 heteroatoms. The Hall–Kier alpha value is -1.57. The van der Waals surface area contributed by atoms with Gasteiger partial charge >= 0.3 is 0 Å². The smallest absolute Gasteiger partial charge is 0.0723 e. The van der Waals surface area contributed by atoms with E-state index in [4.69, 9.17) is 23.2 Å². The van der Waals surface area contributed by atoms with Crippen molar-refractivity contribution in [2.75, 3.05) is 27.3 Å². The zero-order valence-electron chi connectivity index (χ0n) is 20.9. The molecular formula is C26H39Cl2N5S. The molecule has 1 aromatic carbocycles. The molecule has 4 rings (SSSR count). The van der Waals surface area contributed by atoms with E-state index in [1.165, 1.54) is 12.0 Å². The number of aromatic nitrogens is 1. The molecule has 3 atom stereocenters. The summed E-state index contributed by atoms with van der Waals surface area (Å²) in [5, 5.41) is 11.1. The van der Waals surface area contributed by atoms with Gasteiger partial charge in [-0.05, 0) is 49.7 Å². The van der Waals surface area contributed by atoms with Gasteiger partial charge in [-0.3, -0.25) is 14.7 Å². The quantitative estimate of drug-likeness (QED) is 0.155. The van der Waals surface area contributed by atoms with Gasteiger partial charge < -0.3 is 5.32 Å². The predicted octanol–water partition coefficient (Wildman–Crippen LogP) is 6.46. The van der Waals surface area contributed by atoms with E-state index in [1.54, 1.807) is 24.3 Å². The Labute approximate surface area is 220 Å². The fourth-order valence-electron chi connectivity index (χ4n) is 3.16. The Morgan fingerprint density at radius 3 is 2.18 bits per heavy atom. The van der Waals surface area contributed by atoms with E-state index in [0.29, 0.717) is 11.2 Å². The largest absolute Gasteiger partial charge is 0.307 e. The second-order valence-electron chi connectivity index (χ2n) is 7.57. The summed E-state index contributed by atoms with van der Waals surface area (Å²) in [4.78, 5) is 3.78. The van der Waals surface area contributed by atoms with E-state index in [-0.39, 0.29) is 5.38 Å². The minimum absolute atomic E-state index is 0.256. The molecule has 2 aliphatic rings. The van der Waals surface area contributed by atoms with E-state index in [0.717, 1.165) is 30.4 Å². The molecule has 2 heterocycles. The van der Waals surface area contributed by atoms with Crippen molar-refractivity contribution in [2.24, 2.45) is 11.0 Å². The standard InChI is InChI=1S/C11H13ClN2.C8H15ClN2S.C5H5N.C2H6/c1-8-7-14(2)13-11(8)9-3-5-10(12)6-4-9;1-10-6-11-12-8-4-2-7(9)3-5-8;1-2-4-6-5-3-1;1-2/h3-6,8H,7H2,1-2H3;2,4,7-8,10-11H,3,5-6H2,1H3;1-5H;1-2H3. The van der Waals surface area contributed by atoms with Gasteiger partial charge in [-0.25, -0.2) is 0 Å². The number of halogens is 2. The molecule has 0 spiro atoms. The highest BCUT2D eigenvalue weighted by molar-refractivity contribution is 7.98. The first-order valence-corrected chi connectivity index (χ1v) is 13.4. The van der Waals surface area contributed by atoms with Crippen molar-refractivity contribution in [2.45, 2.75) is 44.2 Å². The van der Waals surface area contributed by atoms with Gasteiger partial charge in [0.2, 0.25) is 0 Å². The van der Waals surface area contributed by atoms with Crippen molar-refractivity contribution in [3.8, 4) is 0 Å². The van der Waals surface area contributed by atoms with Crippen LogP contribution in [0.2, 0.25) is 5.02 Å². The average Bonchev–Trinajstić information content (AvgIpc) is 3.22. The lowest BCUT2D eigenvalue weighted by Gasteiger charge is -2.18. The number of benzene rings is 1. The van der Waals surface area contributed by atoms with Crippen molar-refractivity contribution in [1.29, 1.82) is 0 Å². The minimum atomic E-state index is 0.256. The fraction of sp³-hybridized carbons (Fsp3) is 0.462. The van der Waals surface area contributed by atoms with Crippen LogP contribution in [0.4, 0.5) is 0 Å². The minimum Gasteiger partial charge on any atom is -0.307 e. The molecule has 0 radical (unpaired) electrons. The van der Waals surface area contributed by atoms with Crippen molar-refractivity contribution in [3.63, 3.8) is 0 Å². The molecule has 1 aliphatic carbocycles. The summed E-state index contributed by atoms with van der Waals surface area (Å²) < 4.78 is 3.23. The lowest BCUT2D eigenvalue weighted by molar-refractivity contribution is 0.368. The summed E-state index contributed by atoms with van der Waals surface area (Å²) >= 11 is 13.5. The van der Waals surface area contributed by atoms with Crippen LogP contribution < -0.4 is 10.0 Å². The van der Waals surface area contributed by atoms with Gasteiger partial charge in [0.25, 0.3) is 0 Å². The topological polar surface area (TPSA) is 52.5 Å².